The third-order valence-corrected chi connectivity index (χ3v) is 2.67. The molecule has 5 nitrogen and oxygen atoms in total. The smallest absolute Gasteiger partial charge is 0.264 e. The molecule has 1 atom stereocenters. The molecule has 14 heavy (non-hydrogen) atoms. The Labute approximate surface area is 85.3 Å². The first-order valence-corrected chi connectivity index (χ1v) is 6.40. The maximum atomic E-state index is 10.3. The van der Waals surface area contributed by atoms with Crippen molar-refractivity contribution in [2.45, 2.75) is 32.2 Å². The lowest BCUT2D eigenvalue weighted by Crippen LogP contribution is -2.33. The Morgan fingerprint density at radius 3 is 2.50 bits per heavy atom. The topological polar surface area (TPSA) is 86.6 Å². The maximum absolute atomic E-state index is 10.3. The predicted molar refractivity (Wildman–Crippen MR) is 54.8 cm³/mol. The van der Waals surface area contributed by atoms with Gasteiger partial charge in [-0.25, -0.2) is 0 Å². The first-order chi connectivity index (χ1) is 6.49. The van der Waals surface area contributed by atoms with E-state index in [4.69, 9.17) is 9.66 Å². The van der Waals surface area contributed by atoms with Crippen molar-refractivity contribution in [3.63, 3.8) is 0 Å². The van der Waals surface area contributed by atoms with E-state index in [9.17, 15) is 8.42 Å². The van der Waals surface area contributed by atoms with E-state index in [-0.39, 0.29) is 18.4 Å². The second-order valence-corrected chi connectivity index (χ2v) is 4.83. The van der Waals surface area contributed by atoms with Crippen LogP contribution >= 0.6 is 0 Å². The van der Waals surface area contributed by atoms with E-state index in [1.165, 1.54) is 0 Å². The van der Waals surface area contributed by atoms with Crippen molar-refractivity contribution in [1.29, 1.82) is 0 Å². The van der Waals surface area contributed by atoms with Crippen molar-refractivity contribution >= 4 is 10.1 Å². The van der Waals surface area contributed by atoms with Crippen LogP contribution in [-0.2, 0) is 10.1 Å². The van der Waals surface area contributed by atoms with Gasteiger partial charge in [-0.1, -0.05) is 13.3 Å². The zero-order chi connectivity index (χ0) is 11.0. The molecule has 6 heteroatoms. The molecular formula is C8H19NO4S. The van der Waals surface area contributed by atoms with Crippen LogP contribution in [0.2, 0.25) is 0 Å². The number of aliphatic hydroxyl groups is 1. The first-order valence-electron chi connectivity index (χ1n) is 4.79. The van der Waals surface area contributed by atoms with Gasteiger partial charge in [-0.3, -0.25) is 4.55 Å². The van der Waals surface area contributed by atoms with Gasteiger partial charge < -0.3 is 10.4 Å². The van der Waals surface area contributed by atoms with Gasteiger partial charge in [0.1, 0.15) is 0 Å². The van der Waals surface area contributed by atoms with Crippen LogP contribution in [0.1, 0.15) is 26.2 Å². The van der Waals surface area contributed by atoms with Crippen LogP contribution in [0, 0.1) is 0 Å². The maximum Gasteiger partial charge on any atom is 0.264 e. The van der Waals surface area contributed by atoms with Crippen LogP contribution in [-0.4, -0.2) is 43.0 Å². The van der Waals surface area contributed by atoms with E-state index >= 15 is 0 Å². The van der Waals surface area contributed by atoms with Crippen LogP contribution in [0.3, 0.4) is 0 Å². The number of nitrogens with one attached hydrogen (secondary N) is 1. The van der Waals surface area contributed by atoms with Crippen molar-refractivity contribution in [3.8, 4) is 0 Å². The second kappa shape index (κ2) is 7.17. The number of aliphatic hydroxyl groups excluding tert-OH is 1. The molecule has 0 aliphatic rings. The summed E-state index contributed by atoms with van der Waals surface area (Å²) in [6.07, 6.45) is 2.19. The van der Waals surface area contributed by atoms with Crippen LogP contribution in [0.5, 0.6) is 0 Å². The summed E-state index contributed by atoms with van der Waals surface area (Å²) in [6.45, 7) is 2.56. The molecule has 0 aromatic heterocycles. The SMILES string of the molecule is CCC[C@@H](CO)NCCCS(=O)(=O)O. The van der Waals surface area contributed by atoms with Crippen LogP contribution in [0.15, 0.2) is 0 Å². The number of rotatable bonds is 8. The Bertz CT molecular complexity index is 227. The van der Waals surface area contributed by atoms with Gasteiger partial charge in [0.25, 0.3) is 10.1 Å². The highest BCUT2D eigenvalue weighted by atomic mass is 32.2. The summed E-state index contributed by atoms with van der Waals surface area (Å²) < 4.78 is 29.1. The minimum Gasteiger partial charge on any atom is -0.395 e. The van der Waals surface area contributed by atoms with E-state index in [1.54, 1.807) is 0 Å². The fourth-order valence-electron chi connectivity index (χ4n) is 1.17. The Hall–Kier alpha value is -0.170. The summed E-state index contributed by atoms with van der Waals surface area (Å²) in [5, 5.41) is 11.9. The molecule has 0 saturated heterocycles. The van der Waals surface area contributed by atoms with Gasteiger partial charge in [-0.05, 0) is 19.4 Å². The summed E-state index contributed by atoms with van der Waals surface area (Å²) >= 11 is 0. The highest BCUT2D eigenvalue weighted by molar-refractivity contribution is 7.85. The van der Waals surface area contributed by atoms with Crippen molar-refractivity contribution in [1.82, 2.24) is 5.32 Å². The molecule has 3 N–H and O–H groups in total. The molecule has 0 amide bonds. The number of hydrogen-bond acceptors (Lipinski definition) is 4. The molecule has 0 saturated carbocycles. The fraction of sp³-hybridized carbons (Fsp3) is 1.00. The zero-order valence-corrected chi connectivity index (χ0v) is 9.26. The summed E-state index contributed by atoms with van der Waals surface area (Å²) in [5.41, 5.74) is 0. The van der Waals surface area contributed by atoms with Gasteiger partial charge in [-0.2, -0.15) is 8.42 Å². The molecule has 86 valence electrons. The predicted octanol–water partition coefficient (Wildman–Crippen LogP) is 0.0149. The molecule has 0 aliphatic carbocycles. The van der Waals surface area contributed by atoms with Crippen molar-refractivity contribution < 1.29 is 18.1 Å². The van der Waals surface area contributed by atoms with E-state index in [2.05, 4.69) is 5.32 Å². The van der Waals surface area contributed by atoms with Crippen LogP contribution in [0.4, 0.5) is 0 Å². The second-order valence-electron chi connectivity index (χ2n) is 3.26. The molecule has 0 aromatic rings. The molecule has 0 heterocycles. The molecule has 0 aliphatic heterocycles. The highest BCUT2D eigenvalue weighted by Crippen LogP contribution is 1.95. The van der Waals surface area contributed by atoms with E-state index in [0.717, 1.165) is 12.8 Å². The third-order valence-electron chi connectivity index (χ3n) is 1.87. The molecule has 0 bridgehead atoms. The zero-order valence-electron chi connectivity index (χ0n) is 8.44. The summed E-state index contributed by atoms with van der Waals surface area (Å²) in [7, 11) is -3.84. The third kappa shape index (κ3) is 8.43. The minimum atomic E-state index is -3.84. The molecule has 0 fully saturated rings. The number of hydrogen-bond donors (Lipinski definition) is 3. The standard InChI is InChI=1S/C8H19NO4S/c1-2-4-8(7-10)9-5-3-6-14(11,12)13/h8-10H,2-7H2,1H3,(H,11,12,13)/t8-/m0/s1. The van der Waals surface area contributed by atoms with Crippen LogP contribution in [0.25, 0.3) is 0 Å². The summed E-state index contributed by atoms with van der Waals surface area (Å²) in [4.78, 5) is 0. The molecular weight excluding hydrogens is 206 g/mol. The average molecular weight is 225 g/mol. The van der Waals surface area contributed by atoms with Gasteiger partial charge in [0.05, 0.1) is 12.4 Å². The largest absolute Gasteiger partial charge is 0.395 e. The molecule has 0 rings (SSSR count). The normalized spacial score (nSPS) is 14.2. The van der Waals surface area contributed by atoms with Crippen molar-refractivity contribution in [3.05, 3.63) is 0 Å². The van der Waals surface area contributed by atoms with Crippen LogP contribution < -0.4 is 5.32 Å². The Morgan fingerprint density at radius 2 is 2.07 bits per heavy atom. The van der Waals surface area contributed by atoms with E-state index < -0.39 is 10.1 Å². The first kappa shape index (κ1) is 13.8. The monoisotopic (exact) mass is 225 g/mol. The quantitative estimate of drug-likeness (QED) is 0.400. The fourth-order valence-corrected chi connectivity index (χ4v) is 1.68. The van der Waals surface area contributed by atoms with Gasteiger partial charge in [0.15, 0.2) is 0 Å². The Balaban J connectivity index is 3.52. The van der Waals surface area contributed by atoms with Crippen molar-refractivity contribution in [2.24, 2.45) is 0 Å². The lowest BCUT2D eigenvalue weighted by molar-refractivity contribution is 0.235. The van der Waals surface area contributed by atoms with Gasteiger partial charge >= 0.3 is 0 Å². The Kier molecular flexibility index (Phi) is 7.08. The van der Waals surface area contributed by atoms with E-state index in [1.807, 2.05) is 6.92 Å². The highest BCUT2D eigenvalue weighted by Gasteiger charge is 2.06. The lowest BCUT2D eigenvalue weighted by atomic mass is 10.2. The van der Waals surface area contributed by atoms with Crippen molar-refractivity contribution in [2.75, 3.05) is 18.9 Å². The molecule has 0 spiro atoms. The molecule has 0 unspecified atom stereocenters. The average Bonchev–Trinajstić information content (AvgIpc) is 2.08. The Morgan fingerprint density at radius 1 is 1.43 bits per heavy atom. The van der Waals surface area contributed by atoms with E-state index in [0.29, 0.717) is 13.0 Å². The van der Waals surface area contributed by atoms with Gasteiger partial charge in [-0.15, -0.1) is 0 Å². The lowest BCUT2D eigenvalue weighted by Gasteiger charge is -2.14. The minimum absolute atomic E-state index is 0.0291. The summed E-state index contributed by atoms with van der Waals surface area (Å²) in [5.74, 6) is -0.232. The van der Waals surface area contributed by atoms with Gasteiger partial charge in [0.2, 0.25) is 0 Å². The van der Waals surface area contributed by atoms with Gasteiger partial charge in [0, 0.05) is 6.04 Å². The molecule has 0 radical (unpaired) electrons. The summed E-state index contributed by atoms with van der Waals surface area (Å²) in [6, 6.07) is 0.0291. The molecule has 0 aromatic carbocycles.